The fourth-order valence-corrected chi connectivity index (χ4v) is 10.6. The van der Waals surface area contributed by atoms with Gasteiger partial charge in [0.05, 0.1) is 10.5 Å². The van der Waals surface area contributed by atoms with Gasteiger partial charge in [-0.3, -0.25) is 0 Å². The molecule has 2 N–H and O–H groups in total. The monoisotopic (exact) mass is 674 g/mol. The maximum absolute atomic E-state index is 10.6. The smallest absolute Gasteiger partial charge is 0.500 e. The summed E-state index contributed by atoms with van der Waals surface area (Å²) >= 11 is 2.73. The van der Waals surface area contributed by atoms with Crippen molar-refractivity contribution < 1.29 is 40.4 Å². The lowest BCUT2D eigenvalue weighted by Gasteiger charge is -2.24. The third-order valence-corrected chi connectivity index (χ3v) is 15.4. The van der Waals surface area contributed by atoms with Crippen molar-refractivity contribution in [3.63, 3.8) is 0 Å². The zero-order valence-electron chi connectivity index (χ0n) is 26.4. The SMILES string of the molecule is CO[Si](CCCCCC(SOSC(CCCCC[Si](OC)(OC)OC)c1ccccc1O)c1ccccc1O)(OC)OC. The van der Waals surface area contributed by atoms with E-state index in [1.165, 1.54) is 24.1 Å². The second kappa shape index (κ2) is 20.8. The standard InChI is InChI=1S/C30H50O9S2Si2/c1-33-42(34-2,35-3)23-15-7-9-21-29(25-17-11-13-19-27(25)31)40-39-41-30(26-18-12-14-20-28(26)32)22-10-8-16-24-43(36-4,37-5)38-6/h11-14,17-20,29-32H,7-10,15-16,21-24H2,1-6H3. The Hall–Kier alpha value is -1.11. The predicted octanol–water partition coefficient (Wildman–Crippen LogP) is 8.07. The Morgan fingerprint density at radius 2 is 0.884 bits per heavy atom. The predicted molar refractivity (Wildman–Crippen MR) is 178 cm³/mol. The van der Waals surface area contributed by atoms with Gasteiger partial charge in [-0.1, -0.05) is 62.1 Å². The van der Waals surface area contributed by atoms with Gasteiger partial charge in [0.15, 0.2) is 0 Å². The first-order chi connectivity index (χ1) is 20.8. The quantitative estimate of drug-likeness (QED) is 0.0642. The first-order valence-corrected chi connectivity index (χ1v) is 20.2. The van der Waals surface area contributed by atoms with Crippen molar-refractivity contribution in [1.29, 1.82) is 0 Å². The van der Waals surface area contributed by atoms with Crippen molar-refractivity contribution in [2.24, 2.45) is 0 Å². The molecule has 0 aromatic heterocycles. The molecule has 0 aliphatic heterocycles. The highest BCUT2D eigenvalue weighted by atomic mass is 32.2. The van der Waals surface area contributed by atoms with Gasteiger partial charge in [-0.25, -0.2) is 3.63 Å². The van der Waals surface area contributed by atoms with Crippen LogP contribution in [0.3, 0.4) is 0 Å². The number of aromatic hydroxyl groups is 2. The van der Waals surface area contributed by atoms with E-state index >= 15 is 0 Å². The molecule has 0 aliphatic carbocycles. The van der Waals surface area contributed by atoms with Crippen LogP contribution in [0.1, 0.15) is 73.0 Å². The molecule has 2 atom stereocenters. The molecule has 13 heteroatoms. The van der Waals surface area contributed by atoms with Crippen molar-refractivity contribution in [1.82, 2.24) is 0 Å². The van der Waals surface area contributed by atoms with Gasteiger partial charge < -0.3 is 36.8 Å². The summed E-state index contributed by atoms with van der Waals surface area (Å²) in [4.78, 5) is 0. The van der Waals surface area contributed by atoms with Gasteiger partial charge in [0.25, 0.3) is 0 Å². The van der Waals surface area contributed by atoms with E-state index in [1.54, 1.807) is 54.8 Å². The van der Waals surface area contributed by atoms with E-state index in [1.807, 2.05) is 36.4 Å². The van der Waals surface area contributed by atoms with Crippen molar-refractivity contribution in [3.05, 3.63) is 59.7 Å². The normalized spacial score (nSPS) is 13.7. The van der Waals surface area contributed by atoms with Crippen LogP contribution in [0.15, 0.2) is 48.5 Å². The molecular formula is C30H50O9S2Si2. The summed E-state index contributed by atoms with van der Waals surface area (Å²) in [7, 11) is 4.66. The Bertz CT molecular complexity index is 933. The van der Waals surface area contributed by atoms with Crippen LogP contribution < -0.4 is 0 Å². The molecule has 0 bridgehead atoms. The number of phenols is 2. The largest absolute Gasteiger partial charge is 0.508 e. The minimum atomic E-state index is -2.58. The third kappa shape index (κ3) is 12.3. The van der Waals surface area contributed by atoms with E-state index in [9.17, 15) is 10.2 Å². The van der Waals surface area contributed by atoms with Gasteiger partial charge >= 0.3 is 17.6 Å². The van der Waals surface area contributed by atoms with Crippen LogP contribution in [0, 0.1) is 0 Å². The molecule has 9 nitrogen and oxygen atoms in total. The van der Waals surface area contributed by atoms with Gasteiger partial charge in [-0.2, -0.15) is 0 Å². The summed E-state index contributed by atoms with van der Waals surface area (Å²) in [6.07, 6.45) is 7.34. The highest BCUT2D eigenvalue weighted by molar-refractivity contribution is 8.08. The van der Waals surface area contributed by atoms with Gasteiger partial charge in [0.2, 0.25) is 0 Å². The molecular weight excluding hydrogens is 625 g/mol. The highest BCUT2D eigenvalue weighted by Crippen LogP contribution is 2.46. The van der Waals surface area contributed by atoms with E-state index in [0.717, 1.165) is 74.6 Å². The lowest BCUT2D eigenvalue weighted by Crippen LogP contribution is -2.42. The van der Waals surface area contributed by atoms with Crippen LogP contribution >= 0.6 is 24.1 Å². The fourth-order valence-electron chi connectivity index (χ4n) is 4.96. The van der Waals surface area contributed by atoms with E-state index in [4.69, 9.17) is 30.2 Å². The topological polar surface area (TPSA) is 105 Å². The number of unbranched alkanes of at least 4 members (excludes halogenated alkanes) is 4. The van der Waals surface area contributed by atoms with Crippen LogP contribution in [0.4, 0.5) is 0 Å². The number of phenolic OH excluding ortho intramolecular Hbond substituents is 2. The Kier molecular flexibility index (Phi) is 18.4. The minimum Gasteiger partial charge on any atom is -0.508 e. The summed E-state index contributed by atoms with van der Waals surface area (Å²) in [5, 5.41) is 21.1. The van der Waals surface area contributed by atoms with Gasteiger partial charge in [-0.15, -0.1) is 0 Å². The minimum absolute atomic E-state index is 0.0526. The first-order valence-electron chi connectivity index (χ1n) is 14.7. The molecule has 0 heterocycles. The molecule has 2 unspecified atom stereocenters. The van der Waals surface area contributed by atoms with E-state index in [0.29, 0.717) is 0 Å². The van der Waals surface area contributed by atoms with Gasteiger partial charge in [-0.05, 0) is 37.8 Å². The summed E-state index contributed by atoms with van der Waals surface area (Å²) in [5.74, 6) is 0.524. The number of rotatable bonds is 24. The first kappa shape index (κ1) is 38.1. The second-order valence-electron chi connectivity index (χ2n) is 10.1. The zero-order chi connectivity index (χ0) is 31.6. The molecule has 0 fully saturated rings. The number of hydrogen-bond donors (Lipinski definition) is 2. The Morgan fingerprint density at radius 1 is 0.535 bits per heavy atom. The summed E-state index contributed by atoms with van der Waals surface area (Å²) in [6.45, 7) is 0. The Labute approximate surface area is 269 Å². The zero-order valence-corrected chi connectivity index (χ0v) is 30.0. The van der Waals surface area contributed by atoms with Crippen molar-refractivity contribution >= 4 is 41.7 Å². The van der Waals surface area contributed by atoms with Crippen LogP contribution in [0.5, 0.6) is 11.5 Å². The molecule has 0 saturated heterocycles. The van der Waals surface area contributed by atoms with Crippen LogP contribution in [-0.2, 0) is 30.2 Å². The summed E-state index contributed by atoms with van der Waals surface area (Å²) < 4.78 is 39.5. The fraction of sp³-hybridized carbons (Fsp3) is 0.600. The highest BCUT2D eigenvalue weighted by Gasteiger charge is 2.37. The second-order valence-corrected chi connectivity index (χ2v) is 18.4. The summed E-state index contributed by atoms with van der Waals surface area (Å²) in [5.41, 5.74) is 1.70. The van der Waals surface area contributed by atoms with Crippen molar-refractivity contribution in [2.45, 2.75) is 74.0 Å². The molecule has 43 heavy (non-hydrogen) atoms. The van der Waals surface area contributed by atoms with Gasteiger partial charge in [0.1, 0.15) is 11.5 Å². The molecule has 0 amide bonds. The average Bonchev–Trinajstić information content (AvgIpc) is 3.04. The van der Waals surface area contributed by atoms with Gasteiger partial charge in [0, 0.05) is 90.0 Å². The van der Waals surface area contributed by atoms with Crippen LogP contribution in [0.25, 0.3) is 0 Å². The number of para-hydroxylation sites is 2. The van der Waals surface area contributed by atoms with Crippen molar-refractivity contribution in [2.75, 3.05) is 42.7 Å². The van der Waals surface area contributed by atoms with Crippen LogP contribution in [0.2, 0.25) is 12.1 Å². The maximum Gasteiger partial charge on any atom is 0.500 e. The van der Waals surface area contributed by atoms with E-state index in [2.05, 4.69) is 0 Å². The molecule has 0 saturated carbocycles. The Morgan fingerprint density at radius 3 is 1.21 bits per heavy atom. The molecule has 0 aliphatic rings. The maximum atomic E-state index is 10.6. The summed E-state index contributed by atoms with van der Waals surface area (Å²) in [6, 6.07) is 16.4. The number of benzene rings is 2. The number of hydrogen-bond acceptors (Lipinski definition) is 11. The Balaban J connectivity index is 1.99. The molecule has 2 aromatic rings. The molecule has 2 aromatic carbocycles. The average molecular weight is 675 g/mol. The lowest BCUT2D eigenvalue weighted by molar-refractivity contribution is 0.122. The molecule has 244 valence electrons. The van der Waals surface area contributed by atoms with Crippen LogP contribution in [-0.4, -0.2) is 70.5 Å². The van der Waals surface area contributed by atoms with Crippen molar-refractivity contribution in [3.8, 4) is 11.5 Å². The van der Waals surface area contributed by atoms with E-state index in [-0.39, 0.29) is 22.0 Å². The van der Waals surface area contributed by atoms with E-state index < -0.39 is 17.6 Å². The molecule has 2 rings (SSSR count). The third-order valence-electron chi connectivity index (χ3n) is 7.64. The molecule has 0 spiro atoms. The molecule has 0 radical (unpaired) electrons. The lowest BCUT2D eigenvalue weighted by atomic mass is 10.0.